The zero-order valence-electron chi connectivity index (χ0n) is 13.0. The molecule has 0 bridgehead atoms. The van der Waals surface area contributed by atoms with Gasteiger partial charge in [-0.05, 0) is 31.4 Å². The van der Waals surface area contributed by atoms with Gasteiger partial charge in [-0.3, -0.25) is 4.79 Å². The van der Waals surface area contributed by atoms with Gasteiger partial charge in [0.25, 0.3) is 11.6 Å². The summed E-state index contributed by atoms with van der Waals surface area (Å²) in [6.07, 6.45) is -3.28. The zero-order chi connectivity index (χ0) is 17.5. The van der Waals surface area contributed by atoms with Gasteiger partial charge in [-0.2, -0.15) is 23.3 Å². The number of hydrazone groups is 1. The second kappa shape index (κ2) is 5.77. The van der Waals surface area contributed by atoms with Crippen LogP contribution in [-0.4, -0.2) is 40.7 Å². The molecule has 3 rings (SSSR count). The zero-order valence-corrected chi connectivity index (χ0v) is 13.0. The second-order valence-corrected chi connectivity index (χ2v) is 5.93. The number of alkyl halides is 3. The number of carbonyl (C=O) groups is 1. The van der Waals surface area contributed by atoms with Crippen molar-refractivity contribution in [1.82, 2.24) is 5.01 Å². The van der Waals surface area contributed by atoms with Crippen molar-refractivity contribution in [2.75, 3.05) is 7.11 Å². The molecule has 130 valence electrons. The number of ether oxygens (including phenoxy) is 1. The largest absolute Gasteiger partial charge is 0.496 e. The van der Waals surface area contributed by atoms with Crippen LogP contribution < -0.4 is 4.74 Å². The summed E-state index contributed by atoms with van der Waals surface area (Å²) >= 11 is 0. The highest BCUT2D eigenvalue weighted by Gasteiger charge is 2.68. The van der Waals surface area contributed by atoms with Gasteiger partial charge in [-0.15, -0.1) is 0 Å². The number of aliphatic hydroxyl groups is 1. The van der Waals surface area contributed by atoms with Gasteiger partial charge in [0.05, 0.1) is 18.6 Å². The molecule has 0 spiro atoms. The van der Waals surface area contributed by atoms with Crippen LogP contribution in [0.1, 0.15) is 36.0 Å². The number of methoxy groups -OCH3 is 1. The molecule has 0 saturated heterocycles. The van der Waals surface area contributed by atoms with Crippen molar-refractivity contribution in [2.45, 2.75) is 37.6 Å². The molecule has 8 heteroatoms. The molecule has 1 heterocycles. The maximum atomic E-state index is 13.7. The minimum absolute atomic E-state index is 0.0781. The van der Waals surface area contributed by atoms with E-state index in [4.69, 9.17) is 4.74 Å². The van der Waals surface area contributed by atoms with Crippen LogP contribution in [0, 0.1) is 5.92 Å². The Morgan fingerprint density at radius 1 is 1.38 bits per heavy atom. The van der Waals surface area contributed by atoms with Crippen molar-refractivity contribution in [2.24, 2.45) is 11.0 Å². The van der Waals surface area contributed by atoms with Crippen molar-refractivity contribution >= 4 is 11.6 Å². The molecule has 2 unspecified atom stereocenters. The first kappa shape index (κ1) is 16.8. The lowest BCUT2D eigenvalue weighted by Gasteiger charge is -2.38. The Hall–Kier alpha value is -2.09. The van der Waals surface area contributed by atoms with E-state index in [0.29, 0.717) is 19.3 Å². The average molecular weight is 342 g/mol. The molecule has 1 saturated carbocycles. The highest BCUT2D eigenvalue weighted by Crippen LogP contribution is 2.48. The number of rotatable bonds is 2. The van der Waals surface area contributed by atoms with Crippen LogP contribution >= 0.6 is 0 Å². The number of amides is 1. The number of halogens is 3. The van der Waals surface area contributed by atoms with E-state index in [9.17, 15) is 23.1 Å². The summed E-state index contributed by atoms with van der Waals surface area (Å²) in [6, 6.07) is 5.93. The molecule has 1 fully saturated rings. The Morgan fingerprint density at radius 3 is 2.75 bits per heavy atom. The predicted molar refractivity (Wildman–Crippen MR) is 79.6 cm³/mol. The quantitative estimate of drug-likeness (QED) is 0.899. The second-order valence-electron chi connectivity index (χ2n) is 5.93. The average Bonchev–Trinajstić information content (AvgIpc) is 2.88. The van der Waals surface area contributed by atoms with Crippen LogP contribution in [0.3, 0.4) is 0 Å². The molecule has 1 N–H and O–H groups in total. The monoisotopic (exact) mass is 342 g/mol. The van der Waals surface area contributed by atoms with E-state index in [1.165, 1.54) is 25.3 Å². The highest BCUT2D eigenvalue weighted by molar-refractivity contribution is 6.01. The normalized spacial score (nSPS) is 26.8. The molecule has 0 radical (unpaired) electrons. The van der Waals surface area contributed by atoms with E-state index in [2.05, 4.69) is 5.10 Å². The third-order valence-corrected chi connectivity index (χ3v) is 4.56. The Labute approximate surface area is 136 Å². The molecular weight excluding hydrogens is 325 g/mol. The summed E-state index contributed by atoms with van der Waals surface area (Å²) in [6.45, 7) is 0. The van der Waals surface area contributed by atoms with Crippen molar-refractivity contribution in [3.8, 4) is 5.75 Å². The van der Waals surface area contributed by atoms with Crippen LogP contribution in [0.25, 0.3) is 0 Å². The van der Waals surface area contributed by atoms with Crippen LogP contribution in [0.4, 0.5) is 13.2 Å². The molecule has 1 aromatic rings. The van der Waals surface area contributed by atoms with E-state index in [1.807, 2.05) is 0 Å². The number of benzene rings is 1. The van der Waals surface area contributed by atoms with Crippen molar-refractivity contribution in [3.63, 3.8) is 0 Å². The SMILES string of the molecule is COc1ccccc1C(=O)N1N=C2CCCCC2C1(O)C(F)(F)F. The van der Waals surface area contributed by atoms with Gasteiger partial charge in [-0.1, -0.05) is 18.6 Å². The number of fused-ring (bicyclic) bond motifs is 1. The summed E-state index contributed by atoms with van der Waals surface area (Å²) in [5.41, 5.74) is -3.17. The van der Waals surface area contributed by atoms with Crippen LogP contribution in [-0.2, 0) is 0 Å². The molecule has 2 atom stereocenters. The summed E-state index contributed by atoms with van der Waals surface area (Å²) in [5.74, 6) is -2.12. The standard InChI is InChI=1S/C16H17F3N2O3/c1-24-13-9-5-2-6-10(13)14(22)21-15(23,16(17,18)19)11-7-3-4-8-12(11)20-21/h2,5-6,9,11,23H,3-4,7-8H2,1H3. The summed E-state index contributed by atoms with van der Waals surface area (Å²) in [5, 5.41) is 14.5. The minimum Gasteiger partial charge on any atom is -0.496 e. The van der Waals surface area contributed by atoms with Gasteiger partial charge in [0.1, 0.15) is 5.75 Å². The molecule has 1 amide bonds. The number of carbonyl (C=O) groups excluding carboxylic acids is 1. The fourth-order valence-corrected chi connectivity index (χ4v) is 3.35. The molecule has 0 aromatic heterocycles. The molecule has 2 aliphatic rings. The maximum Gasteiger partial charge on any atom is 0.439 e. The van der Waals surface area contributed by atoms with E-state index in [-0.39, 0.29) is 28.5 Å². The molecule has 5 nitrogen and oxygen atoms in total. The van der Waals surface area contributed by atoms with Crippen molar-refractivity contribution in [1.29, 1.82) is 0 Å². The van der Waals surface area contributed by atoms with Gasteiger partial charge in [0.15, 0.2) is 0 Å². The Balaban J connectivity index is 2.07. The van der Waals surface area contributed by atoms with Gasteiger partial charge < -0.3 is 9.84 Å². The predicted octanol–water partition coefficient (Wildman–Crippen LogP) is 2.95. The first-order valence-electron chi connectivity index (χ1n) is 7.64. The number of nitrogens with zero attached hydrogens (tertiary/aromatic N) is 2. The molecule has 24 heavy (non-hydrogen) atoms. The lowest BCUT2D eigenvalue weighted by Crippen LogP contribution is -2.61. The molecule has 1 aliphatic carbocycles. The van der Waals surface area contributed by atoms with Gasteiger partial charge in [0.2, 0.25) is 0 Å². The Bertz CT molecular complexity index is 689. The minimum atomic E-state index is -5.02. The highest BCUT2D eigenvalue weighted by atomic mass is 19.4. The van der Waals surface area contributed by atoms with Gasteiger partial charge in [0, 0.05) is 5.71 Å². The Kier molecular flexibility index (Phi) is 4.03. The van der Waals surface area contributed by atoms with E-state index < -0.39 is 23.7 Å². The summed E-state index contributed by atoms with van der Waals surface area (Å²) in [4.78, 5) is 12.7. The summed E-state index contributed by atoms with van der Waals surface area (Å²) < 4.78 is 46.1. The van der Waals surface area contributed by atoms with Crippen LogP contribution in [0.5, 0.6) is 5.75 Å². The molecular formula is C16H17F3N2O3. The van der Waals surface area contributed by atoms with E-state index in [0.717, 1.165) is 0 Å². The number of hydrogen-bond acceptors (Lipinski definition) is 4. The first-order chi connectivity index (χ1) is 11.3. The smallest absolute Gasteiger partial charge is 0.439 e. The lowest BCUT2D eigenvalue weighted by molar-refractivity contribution is -0.312. The molecule has 1 aromatic carbocycles. The van der Waals surface area contributed by atoms with Gasteiger partial charge >= 0.3 is 6.18 Å². The molecule has 1 aliphatic heterocycles. The van der Waals surface area contributed by atoms with Crippen LogP contribution in [0.2, 0.25) is 0 Å². The topological polar surface area (TPSA) is 62.1 Å². The number of hydrogen-bond donors (Lipinski definition) is 1. The lowest BCUT2D eigenvalue weighted by atomic mass is 9.80. The Morgan fingerprint density at radius 2 is 2.08 bits per heavy atom. The first-order valence-corrected chi connectivity index (χ1v) is 7.64. The number of para-hydroxylation sites is 1. The summed E-state index contributed by atoms with van der Waals surface area (Å²) in [7, 11) is 1.32. The third-order valence-electron chi connectivity index (χ3n) is 4.56. The van der Waals surface area contributed by atoms with E-state index in [1.54, 1.807) is 6.07 Å². The third kappa shape index (κ3) is 2.36. The maximum absolute atomic E-state index is 13.7. The van der Waals surface area contributed by atoms with Crippen molar-refractivity contribution < 1.29 is 27.8 Å². The van der Waals surface area contributed by atoms with Crippen molar-refractivity contribution in [3.05, 3.63) is 29.8 Å². The van der Waals surface area contributed by atoms with Crippen LogP contribution in [0.15, 0.2) is 29.4 Å². The van der Waals surface area contributed by atoms with Gasteiger partial charge in [-0.25, -0.2) is 0 Å². The fraction of sp³-hybridized carbons (Fsp3) is 0.500. The van der Waals surface area contributed by atoms with E-state index >= 15 is 0 Å². The fourth-order valence-electron chi connectivity index (χ4n) is 3.35.